The van der Waals surface area contributed by atoms with Crippen LogP contribution < -0.4 is 5.32 Å². The van der Waals surface area contributed by atoms with E-state index < -0.39 is 40.4 Å². The molecule has 0 heterocycles. The lowest BCUT2D eigenvalue weighted by atomic mass is 10.2. The lowest BCUT2D eigenvalue weighted by molar-refractivity contribution is -0.144. The van der Waals surface area contributed by atoms with Crippen molar-refractivity contribution in [3.63, 3.8) is 0 Å². The Morgan fingerprint density at radius 3 is 2.48 bits per heavy atom. The van der Waals surface area contributed by atoms with Gasteiger partial charge >= 0.3 is 5.97 Å². The molecule has 0 saturated carbocycles. The van der Waals surface area contributed by atoms with Crippen LogP contribution in [0.1, 0.15) is 17.3 Å². The van der Waals surface area contributed by atoms with Gasteiger partial charge < -0.3 is 14.6 Å². The highest BCUT2D eigenvalue weighted by atomic mass is 127. The van der Waals surface area contributed by atoms with Crippen molar-refractivity contribution in [2.45, 2.75) is 13.0 Å². The maximum atomic E-state index is 12.2. The number of nitrogens with one attached hydrogen (secondary N) is 1. The number of benzene rings is 1. The van der Waals surface area contributed by atoms with Crippen LogP contribution in [-0.2, 0) is 19.6 Å². The van der Waals surface area contributed by atoms with Gasteiger partial charge in [0.1, 0.15) is 12.6 Å². The molecule has 1 aromatic rings. The zero-order valence-corrected chi connectivity index (χ0v) is 18.9. The van der Waals surface area contributed by atoms with E-state index >= 15 is 0 Å². The highest BCUT2D eigenvalue weighted by molar-refractivity contribution is 14.1. The number of halogens is 3. The van der Waals surface area contributed by atoms with E-state index in [1.807, 2.05) is 28.7 Å². The fourth-order valence-electron chi connectivity index (χ4n) is 1.42. The largest absolute Gasteiger partial charge is 0.748 e. The van der Waals surface area contributed by atoms with Gasteiger partial charge in [-0.05, 0) is 86.8 Å². The van der Waals surface area contributed by atoms with E-state index in [1.54, 1.807) is 6.07 Å². The first-order chi connectivity index (χ1) is 10.5. The quantitative estimate of drug-likeness (QED) is 0.213. The van der Waals surface area contributed by atoms with Crippen LogP contribution in [0.3, 0.4) is 0 Å². The maximum absolute atomic E-state index is 12.2. The van der Waals surface area contributed by atoms with E-state index in [0.717, 1.165) is 10.7 Å². The highest BCUT2D eigenvalue weighted by Crippen LogP contribution is 2.22. The molecule has 1 N–H and O–H groups in total. The molecule has 0 bridgehead atoms. The van der Waals surface area contributed by atoms with Crippen molar-refractivity contribution < 1.29 is 27.3 Å². The molecule has 0 aliphatic carbocycles. The summed E-state index contributed by atoms with van der Waals surface area (Å²) in [6, 6.07) is 2.64. The number of carbonyl (C=O) groups excluding carboxylic acids is 2. The Balaban J connectivity index is 2.68. The number of esters is 1. The zero-order valence-electron chi connectivity index (χ0n) is 11.6. The van der Waals surface area contributed by atoms with Crippen LogP contribution >= 0.6 is 67.8 Å². The standard InChI is InChI=1S/C12H12I3NO6S/c1-6(12(18)22-2-3-23(19,20)21)16-11(17)8-4-7(13)5-9(14)10(8)15/h4-6H,2-3H2,1H3,(H,16,17)(H,19,20,21)/p-1. The van der Waals surface area contributed by atoms with Crippen molar-refractivity contribution in [2.24, 2.45) is 0 Å². The van der Waals surface area contributed by atoms with E-state index in [1.165, 1.54) is 6.92 Å². The Hall–Kier alpha value is 0.260. The minimum absolute atomic E-state index is 0.434. The van der Waals surface area contributed by atoms with Crippen molar-refractivity contribution in [1.82, 2.24) is 5.32 Å². The van der Waals surface area contributed by atoms with Crippen LogP contribution in [0.2, 0.25) is 0 Å². The van der Waals surface area contributed by atoms with Crippen LogP contribution in [0.25, 0.3) is 0 Å². The lowest BCUT2D eigenvalue weighted by Gasteiger charge is -2.15. The van der Waals surface area contributed by atoms with Crippen molar-refractivity contribution in [3.8, 4) is 0 Å². The third-order valence-corrected chi connectivity index (χ3v) is 6.85. The Morgan fingerprint density at radius 2 is 1.91 bits per heavy atom. The van der Waals surface area contributed by atoms with Gasteiger partial charge in [-0.2, -0.15) is 0 Å². The second kappa shape index (κ2) is 9.10. The summed E-state index contributed by atoms with van der Waals surface area (Å²) in [6.07, 6.45) is 0. The number of amides is 1. The zero-order chi connectivity index (χ0) is 17.8. The number of ether oxygens (including phenoxy) is 1. The number of hydrogen-bond donors (Lipinski definition) is 1. The second-order valence-electron chi connectivity index (χ2n) is 4.37. The molecule has 0 fully saturated rings. The van der Waals surface area contributed by atoms with E-state index in [4.69, 9.17) is 0 Å². The first kappa shape index (κ1) is 21.3. The normalized spacial score (nSPS) is 12.6. The first-order valence-electron chi connectivity index (χ1n) is 6.07. The maximum Gasteiger partial charge on any atom is 0.328 e. The minimum atomic E-state index is -4.44. The van der Waals surface area contributed by atoms with E-state index in [2.05, 4.69) is 55.2 Å². The molecule has 1 amide bonds. The van der Waals surface area contributed by atoms with E-state index in [-0.39, 0.29) is 0 Å². The molecule has 0 aliphatic heterocycles. The summed E-state index contributed by atoms with van der Waals surface area (Å²) >= 11 is 6.24. The van der Waals surface area contributed by atoms with Gasteiger partial charge in [-0.1, -0.05) is 0 Å². The molecular weight excluding hydrogens is 667 g/mol. The monoisotopic (exact) mass is 678 g/mol. The Labute approximate surface area is 174 Å². The molecule has 7 nitrogen and oxygen atoms in total. The third kappa shape index (κ3) is 7.35. The van der Waals surface area contributed by atoms with Gasteiger partial charge in [-0.25, -0.2) is 13.2 Å². The molecule has 1 rings (SSSR count). The molecular formula is C12H11I3NO6S-. The van der Waals surface area contributed by atoms with Gasteiger partial charge in [-0.3, -0.25) is 4.79 Å². The first-order valence-corrected chi connectivity index (χ1v) is 10.9. The molecule has 1 atom stereocenters. The van der Waals surface area contributed by atoms with Gasteiger partial charge in [0.05, 0.1) is 21.4 Å². The average molecular weight is 678 g/mol. The smallest absolute Gasteiger partial charge is 0.328 e. The molecule has 0 aromatic heterocycles. The summed E-state index contributed by atoms with van der Waals surface area (Å²) < 4.78 is 38.5. The average Bonchev–Trinajstić information content (AvgIpc) is 2.40. The molecule has 0 aliphatic rings. The van der Waals surface area contributed by atoms with E-state index in [9.17, 15) is 22.6 Å². The van der Waals surface area contributed by atoms with Gasteiger partial charge in [0.25, 0.3) is 5.91 Å². The fourth-order valence-corrected chi connectivity index (χ4v) is 4.11. The fraction of sp³-hybridized carbons (Fsp3) is 0.333. The van der Waals surface area contributed by atoms with E-state index in [0.29, 0.717) is 5.56 Å². The van der Waals surface area contributed by atoms with Crippen molar-refractivity contribution >= 4 is 89.8 Å². The Kier molecular flexibility index (Phi) is 8.42. The van der Waals surface area contributed by atoms with Gasteiger partial charge in [0.15, 0.2) is 0 Å². The van der Waals surface area contributed by atoms with Crippen LogP contribution in [0.15, 0.2) is 12.1 Å². The molecule has 1 aromatic carbocycles. The molecule has 128 valence electrons. The highest BCUT2D eigenvalue weighted by Gasteiger charge is 2.20. The minimum Gasteiger partial charge on any atom is -0.748 e. The summed E-state index contributed by atoms with van der Waals surface area (Å²) in [6.45, 7) is 0.876. The molecule has 0 radical (unpaired) electrons. The third-order valence-electron chi connectivity index (χ3n) is 2.52. The predicted molar refractivity (Wildman–Crippen MR) is 107 cm³/mol. The van der Waals surface area contributed by atoms with Crippen LogP contribution in [0.4, 0.5) is 0 Å². The number of hydrogen-bond acceptors (Lipinski definition) is 6. The van der Waals surface area contributed by atoms with Crippen molar-refractivity contribution in [2.75, 3.05) is 12.4 Å². The molecule has 1 unspecified atom stereocenters. The van der Waals surface area contributed by atoms with Crippen LogP contribution in [0.5, 0.6) is 0 Å². The lowest BCUT2D eigenvalue weighted by Crippen LogP contribution is -2.40. The summed E-state index contributed by atoms with van der Waals surface area (Å²) in [5, 5.41) is 2.49. The predicted octanol–water partition coefficient (Wildman–Crippen LogP) is 1.71. The summed E-state index contributed by atoms with van der Waals surface area (Å²) in [5.74, 6) is -2.05. The molecule has 0 spiro atoms. The number of rotatable bonds is 6. The SMILES string of the molecule is CC(NC(=O)c1cc(I)cc(I)c1I)C(=O)OCCS(=O)(=O)[O-]. The van der Waals surface area contributed by atoms with Gasteiger partial charge in [0.2, 0.25) is 0 Å². The molecule has 0 saturated heterocycles. The Morgan fingerprint density at radius 1 is 1.30 bits per heavy atom. The summed E-state index contributed by atoms with van der Waals surface area (Å²) in [7, 11) is -4.44. The second-order valence-corrected chi connectivity index (χ2v) is 9.38. The molecule has 23 heavy (non-hydrogen) atoms. The van der Waals surface area contributed by atoms with Crippen molar-refractivity contribution in [1.29, 1.82) is 0 Å². The topological polar surface area (TPSA) is 113 Å². The molecule has 11 heteroatoms. The number of carbonyl (C=O) groups is 2. The van der Waals surface area contributed by atoms with Crippen LogP contribution in [-0.4, -0.2) is 43.2 Å². The Bertz CT molecular complexity index is 722. The van der Waals surface area contributed by atoms with Crippen LogP contribution in [0, 0.1) is 10.7 Å². The van der Waals surface area contributed by atoms with Gasteiger partial charge in [0, 0.05) is 10.7 Å². The van der Waals surface area contributed by atoms with Gasteiger partial charge in [-0.15, -0.1) is 0 Å². The van der Waals surface area contributed by atoms with Crippen molar-refractivity contribution in [3.05, 3.63) is 28.4 Å². The summed E-state index contributed by atoms with van der Waals surface area (Å²) in [5.41, 5.74) is 0.434. The summed E-state index contributed by atoms with van der Waals surface area (Å²) in [4.78, 5) is 23.9.